The number of anilines is 1. The number of benzene rings is 2. The molecular weight excluding hydrogens is 445 g/mol. The highest BCUT2D eigenvalue weighted by molar-refractivity contribution is 5.94. The largest absolute Gasteiger partial charge is 0.485 e. The van der Waals surface area contributed by atoms with E-state index in [4.69, 9.17) is 9.47 Å². The number of nitrogens with zero attached hydrogens (tertiary/aromatic N) is 1. The van der Waals surface area contributed by atoms with Crippen LogP contribution in [0, 0.1) is 5.82 Å². The Labute approximate surface area is 197 Å². The number of fused-ring (bicyclic) bond motifs is 1. The van der Waals surface area contributed by atoms with Gasteiger partial charge in [0, 0.05) is 11.6 Å². The summed E-state index contributed by atoms with van der Waals surface area (Å²) in [6.07, 6.45) is 4.61. The van der Waals surface area contributed by atoms with Crippen LogP contribution in [0.4, 0.5) is 10.1 Å². The van der Waals surface area contributed by atoms with Crippen molar-refractivity contribution in [2.45, 2.75) is 37.8 Å². The van der Waals surface area contributed by atoms with Gasteiger partial charge in [0.05, 0.1) is 17.9 Å². The molecule has 8 heteroatoms. The molecule has 1 fully saturated rings. The molecule has 0 bridgehead atoms. The molecule has 0 saturated carbocycles. The van der Waals surface area contributed by atoms with E-state index in [1.807, 2.05) is 24.3 Å². The Morgan fingerprint density at radius 2 is 2.03 bits per heavy atom. The summed E-state index contributed by atoms with van der Waals surface area (Å²) in [4.78, 5) is 16.5. The number of pyridine rings is 1. The Morgan fingerprint density at radius 1 is 1.15 bits per heavy atom. The highest BCUT2D eigenvalue weighted by Crippen LogP contribution is 2.38. The summed E-state index contributed by atoms with van der Waals surface area (Å²) in [7, 11) is 0. The zero-order chi connectivity index (χ0) is 21.9. The Kier molecular flexibility index (Phi) is 7.11. The van der Waals surface area contributed by atoms with Gasteiger partial charge in [0.15, 0.2) is 0 Å². The molecule has 2 atom stereocenters. The molecule has 3 heterocycles. The van der Waals surface area contributed by atoms with Crippen LogP contribution in [0.3, 0.4) is 0 Å². The predicted octanol–water partition coefficient (Wildman–Crippen LogP) is 5.19. The second-order valence-electron chi connectivity index (χ2n) is 8.06. The van der Waals surface area contributed by atoms with Gasteiger partial charge in [-0.05, 0) is 68.1 Å². The summed E-state index contributed by atoms with van der Waals surface area (Å²) in [5, 5.41) is 6.05. The molecule has 0 radical (unpaired) electrons. The Bertz CT molecular complexity index is 1120. The van der Waals surface area contributed by atoms with Gasteiger partial charge in [-0.25, -0.2) is 9.37 Å². The van der Waals surface area contributed by atoms with E-state index in [0.717, 1.165) is 37.1 Å². The third-order valence-corrected chi connectivity index (χ3v) is 5.83. The van der Waals surface area contributed by atoms with Gasteiger partial charge in [0.25, 0.3) is 0 Å². The van der Waals surface area contributed by atoms with Crippen LogP contribution in [0.1, 0.15) is 36.5 Å². The van der Waals surface area contributed by atoms with Gasteiger partial charge in [-0.2, -0.15) is 0 Å². The number of rotatable bonds is 5. The minimum Gasteiger partial charge on any atom is -0.485 e. The van der Waals surface area contributed by atoms with Crippen molar-refractivity contribution in [3.05, 3.63) is 77.7 Å². The topological polar surface area (TPSA) is 72.5 Å². The van der Waals surface area contributed by atoms with Crippen LogP contribution in [0.5, 0.6) is 17.4 Å². The van der Waals surface area contributed by atoms with Crippen LogP contribution in [0.2, 0.25) is 0 Å². The first-order valence-electron chi connectivity index (χ1n) is 10.9. The molecule has 0 spiro atoms. The maximum Gasteiger partial charge on any atom is 0.241 e. The average Bonchev–Trinajstić information content (AvgIpc) is 3.36. The van der Waals surface area contributed by atoms with Crippen LogP contribution >= 0.6 is 12.4 Å². The Morgan fingerprint density at radius 3 is 2.79 bits per heavy atom. The van der Waals surface area contributed by atoms with Crippen molar-refractivity contribution in [1.29, 1.82) is 0 Å². The van der Waals surface area contributed by atoms with Crippen molar-refractivity contribution >= 4 is 24.0 Å². The molecule has 1 aromatic heterocycles. The van der Waals surface area contributed by atoms with Gasteiger partial charge >= 0.3 is 0 Å². The van der Waals surface area contributed by atoms with Gasteiger partial charge in [0.2, 0.25) is 11.8 Å². The fourth-order valence-corrected chi connectivity index (χ4v) is 4.16. The molecule has 6 nitrogen and oxygen atoms in total. The lowest BCUT2D eigenvalue weighted by molar-refractivity contribution is -0.117. The molecular formula is C25H25ClFN3O3. The van der Waals surface area contributed by atoms with Gasteiger partial charge in [0.1, 0.15) is 23.4 Å². The fourth-order valence-electron chi connectivity index (χ4n) is 4.16. The highest BCUT2D eigenvalue weighted by Gasteiger charge is 2.24. The average molecular weight is 470 g/mol. The number of aromatic nitrogens is 1. The van der Waals surface area contributed by atoms with E-state index in [9.17, 15) is 9.18 Å². The lowest BCUT2D eigenvalue weighted by Crippen LogP contribution is -2.35. The van der Waals surface area contributed by atoms with Crippen molar-refractivity contribution in [2.24, 2.45) is 0 Å². The first-order valence-corrected chi connectivity index (χ1v) is 10.9. The molecule has 1 amide bonds. The van der Waals surface area contributed by atoms with E-state index < -0.39 is 0 Å². The molecule has 172 valence electrons. The molecule has 0 aliphatic carbocycles. The SMILES string of the molecule is Cl.O=C(Nc1ccc(Oc2ccc3c(c2)CCC(c2ccccc2F)O3)nc1)[C@@H]1CCCN1. The van der Waals surface area contributed by atoms with E-state index in [1.54, 1.807) is 30.5 Å². The van der Waals surface area contributed by atoms with Crippen molar-refractivity contribution in [3.63, 3.8) is 0 Å². The molecule has 2 N–H and O–H groups in total. The number of hydrogen-bond acceptors (Lipinski definition) is 5. The Balaban J connectivity index is 0.00000259. The summed E-state index contributed by atoms with van der Waals surface area (Å²) in [6.45, 7) is 0.874. The van der Waals surface area contributed by atoms with E-state index in [2.05, 4.69) is 15.6 Å². The summed E-state index contributed by atoms with van der Waals surface area (Å²) >= 11 is 0. The number of aryl methyl sites for hydroxylation is 1. The van der Waals surface area contributed by atoms with Crippen LogP contribution in [-0.2, 0) is 11.2 Å². The number of amides is 1. The van der Waals surface area contributed by atoms with Crippen LogP contribution in [0.15, 0.2) is 60.8 Å². The number of ether oxygens (including phenoxy) is 2. The fraction of sp³-hybridized carbons (Fsp3) is 0.280. The zero-order valence-electron chi connectivity index (χ0n) is 17.9. The second-order valence-corrected chi connectivity index (χ2v) is 8.06. The Hall–Kier alpha value is -3.16. The molecule has 2 aromatic carbocycles. The standard InChI is InChI=1S/C25H24FN3O3.ClH/c26-20-5-2-1-4-19(20)23-10-7-16-14-18(9-11-22(16)32-23)31-24-12-8-17(15-28-24)29-25(30)21-6-3-13-27-21;/h1-2,4-5,8-9,11-12,14-15,21,23,27H,3,6-7,10,13H2,(H,29,30);1H/t21-,23?;/m0./s1. The van der Waals surface area contributed by atoms with E-state index in [0.29, 0.717) is 29.3 Å². The summed E-state index contributed by atoms with van der Waals surface area (Å²) in [5.74, 6) is 1.54. The molecule has 2 aliphatic rings. The van der Waals surface area contributed by atoms with Crippen molar-refractivity contribution < 1.29 is 18.7 Å². The molecule has 1 unspecified atom stereocenters. The second kappa shape index (κ2) is 10.2. The minimum atomic E-state index is -0.292. The van der Waals surface area contributed by atoms with Crippen LogP contribution in [0.25, 0.3) is 0 Å². The molecule has 5 rings (SSSR count). The minimum absolute atomic E-state index is 0. The molecule has 3 aromatic rings. The highest BCUT2D eigenvalue weighted by atomic mass is 35.5. The third kappa shape index (κ3) is 5.26. The predicted molar refractivity (Wildman–Crippen MR) is 126 cm³/mol. The van der Waals surface area contributed by atoms with E-state index in [-0.39, 0.29) is 36.3 Å². The van der Waals surface area contributed by atoms with E-state index in [1.165, 1.54) is 6.07 Å². The normalized spacial score (nSPS) is 19.1. The third-order valence-electron chi connectivity index (χ3n) is 5.83. The maximum atomic E-state index is 14.1. The zero-order valence-corrected chi connectivity index (χ0v) is 18.7. The number of nitrogens with one attached hydrogen (secondary N) is 2. The first kappa shape index (κ1) is 23.0. The van der Waals surface area contributed by atoms with Crippen molar-refractivity contribution in [3.8, 4) is 17.4 Å². The summed E-state index contributed by atoms with van der Waals surface area (Å²) < 4.78 is 26.0. The molecule has 2 aliphatic heterocycles. The summed E-state index contributed by atoms with van der Waals surface area (Å²) in [5.41, 5.74) is 2.23. The monoisotopic (exact) mass is 469 g/mol. The number of carbonyl (C=O) groups excluding carboxylic acids is 1. The summed E-state index contributed by atoms with van der Waals surface area (Å²) in [6, 6.07) is 15.7. The van der Waals surface area contributed by atoms with Crippen molar-refractivity contribution in [1.82, 2.24) is 10.3 Å². The van der Waals surface area contributed by atoms with Gasteiger partial charge < -0.3 is 20.1 Å². The van der Waals surface area contributed by atoms with Gasteiger partial charge in [-0.1, -0.05) is 18.2 Å². The number of halogens is 2. The smallest absolute Gasteiger partial charge is 0.241 e. The van der Waals surface area contributed by atoms with Crippen LogP contribution < -0.4 is 20.1 Å². The quantitative estimate of drug-likeness (QED) is 0.538. The van der Waals surface area contributed by atoms with Crippen LogP contribution in [-0.4, -0.2) is 23.5 Å². The molecule has 33 heavy (non-hydrogen) atoms. The first-order chi connectivity index (χ1) is 15.7. The maximum absolute atomic E-state index is 14.1. The van der Waals surface area contributed by atoms with Gasteiger partial charge in [-0.15, -0.1) is 12.4 Å². The van der Waals surface area contributed by atoms with E-state index >= 15 is 0 Å². The molecule has 1 saturated heterocycles. The van der Waals surface area contributed by atoms with Gasteiger partial charge in [-0.3, -0.25) is 4.79 Å². The number of hydrogen-bond donors (Lipinski definition) is 2. The van der Waals surface area contributed by atoms with Crippen molar-refractivity contribution in [2.75, 3.05) is 11.9 Å². The lowest BCUT2D eigenvalue weighted by Gasteiger charge is -2.27. The number of carbonyl (C=O) groups is 1. The lowest BCUT2D eigenvalue weighted by atomic mass is 9.97.